The molecular formula is C15H24N4O. The van der Waals surface area contributed by atoms with E-state index in [1.807, 2.05) is 0 Å². The van der Waals surface area contributed by atoms with E-state index >= 15 is 0 Å². The van der Waals surface area contributed by atoms with Gasteiger partial charge in [0, 0.05) is 32.1 Å². The summed E-state index contributed by atoms with van der Waals surface area (Å²) in [4.78, 5) is 2.49. The van der Waals surface area contributed by atoms with Crippen molar-refractivity contribution in [3.05, 3.63) is 35.9 Å². The SMILES string of the molecule is NC(CCNC1CCCN(Cc2ccccc2)C1)=NO. The Bertz CT molecular complexity index is 421. The lowest BCUT2D eigenvalue weighted by Gasteiger charge is -2.33. The van der Waals surface area contributed by atoms with Crippen LogP contribution in [0.4, 0.5) is 0 Å². The second-order valence-electron chi connectivity index (χ2n) is 5.36. The summed E-state index contributed by atoms with van der Waals surface area (Å²) in [7, 11) is 0. The van der Waals surface area contributed by atoms with E-state index in [-0.39, 0.29) is 5.84 Å². The number of nitrogens with zero attached hydrogens (tertiary/aromatic N) is 2. The summed E-state index contributed by atoms with van der Waals surface area (Å²) in [6.45, 7) is 4.00. The van der Waals surface area contributed by atoms with Crippen LogP contribution in [0.15, 0.2) is 35.5 Å². The highest BCUT2D eigenvalue weighted by atomic mass is 16.4. The molecule has 5 nitrogen and oxygen atoms in total. The third kappa shape index (κ3) is 4.83. The molecule has 0 aliphatic carbocycles. The first kappa shape index (κ1) is 14.8. The standard InChI is InChI=1S/C15H24N4O/c16-15(18-20)8-9-17-14-7-4-10-19(12-14)11-13-5-2-1-3-6-13/h1-3,5-6,14,17,20H,4,7-12H2,(H2,16,18). The number of piperidine rings is 1. The Balaban J connectivity index is 1.74. The van der Waals surface area contributed by atoms with Crippen molar-refractivity contribution in [1.29, 1.82) is 0 Å². The van der Waals surface area contributed by atoms with Gasteiger partial charge in [-0.15, -0.1) is 0 Å². The van der Waals surface area contributed by atoms with Gasteiger partial charge in [0.05, 0.1) is 0 Å². The second-order valence-corrected chi connectivity index (χ2v) is 5.36. The van der Waals surface area contributed by atoms with Crippen LogP contribution in [0.5, 0.6) is 0 Å². The zero-order valence-corrected chi connectivity index (χ0v) is 11.8. The second kappa shape index (κ2) is 7.87. The van der Waals surface area contributed by atoms with Gasteiger partial charge in [-0.3, -0.25) is 4.90 Å². The Morgan fingerprint density at radius 2 is 2.20 bits per heavy atom. The fourth-order valence-corrected chi connectivity index (χ4v) is 2.66. The third-order valence-corrected chi connectivity index (χ3v) is 3.70. The minimum atomic E-state index is 0.287. The van der Waals surface area contributed by atoms with Gasteiger partial charge in [-0.05, 0) is 24.9 Å². The Morgan fingerprint density at radius 3 is 2.95 bits per heavy atom. The molecule has 0 bridgehead atoms. The van der Waals surface area contributed by atoms with Crippen molar-refractivity contribution in [3.8, 4) is 0 Å². The minimum absolute atomic E-state index is 0.287. The zero-order chi connectivity index (χ0) is 14.2. The molecule has 1 unspecified atom stereocenters. The van der Waals surface area contributed by atoms with Gasteiger partial charge >= 0.3 is 0 Å². The van der Waals surface area contributed by atoms with Gasteiger partial charge in [0.25, 0.3) is 0 Å². The van der Waals surface area contributed by atoms with Crippen LogP contribution in [0.25, 0.3) is 0 Å². The maximum absolute atomic E-state index is 8.50. The van der Waals surface area contributed by atoms with Crippen molar-refractivity contribution < 1.29 is 5.21 Å². The average molecular weight is 276 g/mol. The predicted octanol–water partition coefficient (Wildman–Crippen LogP) is 1.38. The smallest absolute Gasteiger partial charge is 0.140 e. The predicted molar refractivity (Wildman–Crippen MR) is 80.8 cm³/mol. The quantitative estimate of drug-likeness (QED) is 0.317. The average Bonchev–Trinajstić information content (AvgIpc) is 2.48. The van der Waals surface area contributed by atoms with Crippen LogP contribution in [0.1, 0.15) is 24.8 Å². The van der Waals surface area contributed by atoms with Crippen molar-refractivity contribution in [2.24, 2.45) is 10.9 Å². The topological polar surface area (TPSA) is 73.9 Å². The molecule has 2 rings (SSSR count). The molecule has 0 saturated carbocycles. The van der Waals surface area contributed by atoms with Crippen molar-refractivity contribution in [3.63, 3.8) is 0 Å². The van der Waals surface area contributed by atoms with Gasteiger partial charge in [0.1, 0.15) is 5.84 Å². The summed E-state index contributed by atoms with van der Waals surface area (Å²) in [5.74, 6) is 0.287. The number of hydrogen-bond acceptors (Lipinski definition) is 4. The maximum Gasteiger partial charge on any atom is 0.140 e. The van der Waals surface area contributed by atoms with Crippen LogP contribution >= 0.6 is 0 Å². The fourth-order valence-electron chi connectivity index (χ4n) is 2.66. The molecule has 0 amide bonds. The Labute approximate surface area is 120 Å². The molecule has 0 spiro atoms. The highest BCUT2D eigenvalue weighted by Crippen LogP contribution is 2.13. The van der Waals surface area contributed by atoms with Gasteiger partial charge in [-0.25, -0.2) is 0 Å². The molecule has 1 aliphatic rings. The Morgan fingerprint density at radius 1 is 1.40 bits per heavy atom. The van der Waals surface area contributed by atoms with Crippen LogP contribution in [-0.2, 0) is 6.54 Å². The largest absolute Gasteiger partial charge is 0.409 e. The van der Waals surface area contributed by atoms with Crippen LogP contribution in [-0.4, -0.2) is 41.6 Å². The number of rotatable bonds is 6. The number of amidine groups is 1. The van der Waals surface area contributed by atoms with E-state index in [1.165, 1.54) is 18.4 Å². The van der Waals surface area contributed by atoms with Crippen molar-refractivity contribution >= 4 is 5.84 Å². The molecule has 110 valence electrons. The number of benzene rings is 1. The van der Waals surface area contributed by atoms with E-state index in [2.05, 4.69) is 45.7 Å². The summed E-state index contributed by atoms with van der Waals surface area (Å²) >= 11 is 0. The first-order valence-corrected chi connectivity index (χ1v) is 7.24. The van der Waals surface area contributed by atoms with E-state index in [1.54, 1.807) is 0 Å². The molecule has 5 heteroatoms. The first-order valence-electron chi connectivity index (χ1n) is 7.24. The fraction of sp³-hybridized carbons (Fsp3) is 0.533. The maximum atomic E-state index is 8.50. The van der Waals surface area contributed by atoms with Crippen molar-refractivity contribution in [2.75, 3.05) is 19.6 Å². The zero-order valence-electron chi connectivity index (χ0n) is 11.8. The molecule has 1 fully saturated rings. The molecule has 1 aliphatic heterocycles. The summed E-state index contributed by atoms with van der Waals surface area (Å²) in [6.07, 6.45) is 3.00. The highest BCUT2D eigenvalue weighted by molar-refractivity contribution is 5.79. The monoisotopic (exact) mass is 276 g/mol. The van der Waals surface area contributed by atoms with Gasteiger partial charge in [0.15, 0.2) is 0 Å². The normalized spacial score (nSPS) is 21.0. The van der Waals surface area contributed by atoms with Gasteiger partial charge in [-0.1, -0.05) is 35.5 Å². The minimum Gasteiger partial charge on any atom is -0.409 e. The molecule has 1 saturated heterocycles. The van der Waals surface area contributed by atoms with Crippen LogP contribution < -0.4 is 11.1 Å². The lowest BCUT2D eigenvalue weighted by molar-refractivity contribution is 0.184. The molecule has 1 aromatic carbocycles. The molecule has 20 heavy (non-hydrogen) atoms. The lowest BCUT2D eigenvalue weighted by Crippen LogP contribution is -2.45. The lowest BCUT2D eigenvalue weighted by atomic mass is 10.0. The van der Waals surface area contributed by atoms with Crippen LogP contribution in [0, 0.1) is 0 Å². The molecule has 1 heterocycles. The number of nitrogens with one attached hydrogen (secondary N) is 1. The molecule has 4 N–H and O–H groups in total. The van der Waals surface area contributed by atoms with E-state index in [9.17, 15) is 0 Å². The molecular weight excluding hydrogens is 252 g/mol. The van der Waals surface area contributed by atoms with Crippen LogP contribution in [0.2, 0.25) is 0 Å². The summed E-state index contributed by atoms with van der Waals surface area (Å²) in [5, 5.41) is 15.0. The summed E-state index contributed by atoms with van der Waals surface area (Å²) in [6, 6.07) is 11.1. The highest BCUT2D eigenvalue weighted by Gasteiger charge is 2.19. The van der Waals surface area contributed by atoms with E-state index in [4.69, 9.17) is 10.9 Å². The van der Waals surface area contributed by atoms with Crippen molar-refractivity contribution in [1.82, 2.24) is 10.2 Å². The molecule has 1 aromatic rings. The van der Waals surface area contributed by atoms with Gasteiger partial charge in [0.2, 0.25) is 0 Å². The van der Waals surface area contributed by atoms with E-state index < -0.39 is 0 Å². The number of nitrogens with two attached hydrogens (primary N) is 1. The van der Waals surface area contributed by atoms with E-state index in [0.717, 1.165) is 26.2 Å². The first-order chi connectivity index (χ1) is 9.78. The number of hydrogen-bond donors (Lipinski definition) is 3. The Hall–Kier alpha value is -1.59. The van der Waals surface area contributed by atoms with Crippen LogP contribution in [0.3, 0.4) is 0 Å². The molecule has 0 aromatic heterocycles. The summed E-state index contributed by atoms with van der Waals surface area (Å²) < 4.78 is 0. The van der Waals surface area contributed by atoms with Gasteiger partial charge in [-0.2, -0.15) is 0 Å². The van der Waals surface area contributed by atoms with E-state index in [0.29, 0.717) is 12.5 Å². The third-order valence-electron chi connectivity index (χ3n) is 3.70. The molecule has 0 radical (unpaired) electrons. The number of likely N-dealkylation sites (tertiary alicyclic amines) is 1. The molecule has 1 atom stereocenters. The van der Waals surface area contributed by atoms with Crippen molar-refractivity contribution in [2.45, 2.75) is 31.8 Å². The number of oxime groups is 1. The summed E-state index contributed by atoms with van der Waals surface area (Å²) in [5.41, 5.74) is 6.83. The van der Waals surface area contributed by atoms with Gasteiger partial charge < -0.3 is 16.3 Å². The Kier molecular flexibility index (Phi) is 5.83.